The number of para-hydroxylation sites is 2. The van der Waals surface area contributed by atoms with Crippen molar-refractivity contribution in [1.29, 1.82) is 0 Å². The molecular weight excluding hydrogens is 308 g/mol. The van der Waals surface area contributed by atoms with Gasteiger partial charge in [0.15, 0.2) is 22.4 Å². The van der Waals surface area contributed by atoms with Crippen LogP contribution < -0.4 is 0 Å². The smallest absolute Gasteiger partial charge is 0.205 e. The Kier molecular flexibility index (Phi) is 3.07. The van der Waals surface area contributed by atoms with Crippen molar-refractivity contribution in [1.82, 2.24) is 15.0 Å². The van der Waals surface area contributed by atoms with Crippen molar-refractivity contribution in [2.45, 2.75) is 10.9 Å². The van der Waals surface area contributed by atoms with E-state index in [1.807, 2.05) is 24.3 Å². The van der Waals surface area contributed by atoms with E-state index in [-0.39, 0.29) is 0 Å². The molecule has 0 aliphatic carbocycles. The van der Waals surface area contributed by atoms with Gasteiger partial charge < -0.3 is 9.40 Å². The molecule has 110 valence electrons. The third-order valence-electron chi connectivity index (χ3n) is 3.17. The van der Waals surface area contributed by atoms with Crippen LogP contribution in [-0.4, -0.2) is 15.0 Å². The summed E-state index contributed by atoms with van der Waals surface area (Å²) in [5.74, 6) is -0.760. The zero-order chi connectivity index (χ0) is 15.1. The number of hydrogen-bond acceptors (Lipinski definition) is 4. The van der Waals surface area contributed by atoms with Crippen LogP contribution in [0.4, 0.5) is 8.78 Å². The first-order chi connectivity index (χ1) is 10.7. The summed E-state index contributed by atoms with van der Waals surface area (Å²) in [6, 6.07) is 9.67. The Hall–Kier alpha value is -2.41. The molecule has 0 saturated carbocycles. The van der Waals surface area contributed by atoms with Gasteiger partial charge in [0.05, 0.1) is 16.8 Å². The fourth-order valence-corrected chi connectivity index (χ4v) is 2.89. The number of aromatic nitrogens is 3. The Labute approximate surface area is 127 Å². The number of fused-ring (bicyclic) bond motifs is 2. The van der Waals surface area contributed by atoms with E-state index in [4.69, 9.17) is 4.42 Å². The molecular formula is C15H9F2N3OS. The van der Waals surface area contributed by atoms with Crippen molar-refractivity contribution in [3.8, 4) is 0 Å². The van der Waals surface area contributed by atoms with E-state index >= 15 is 0 Å². The predicted molar refractivity (Wildman–Crippen MR) is 79.6 cm³/mol. The summed E-state index contributed by atoms with van der Waals surface area (Å²) in [4.78, 5) is 11.5. The molecule has 2 heterocycles. The third kappa shape index (κ3) is 2.33. The van der Waals surface area contributed by atoms with Crippen molar-refractivity contribution < 1.29 is 13.2 Å². The van der Waals surface area contributed by atoms with Crippen LogP contribution in [0.3, 0.4) is 0 Å². The topological polar surface area (TPSA) is 54.7 Å². The second-order valence-corrected chi connectivity index (χ2v) is 5.65. The molecule has 0 amide bonds. The summed E-state index contributed by atoms with van der Waals surface area (Å²) < 4.78 is 31.9. The Morgan fingerprint density at radius 2 is 1.86 bits per heavy atom. The Balaban J connectivity index is 1.58. The van der Waals surface area contributed by atoms with Gasteiger partial charge in [-0.1, -0.05) is 23.9 Å². The van der Waals surface area contributed by atoms with Gasteiger partial charge in [0, 0.05) is 12.1 Å². The van der Waals surface area contributed by atoms with E-state index < -0.39 is 11.6 Å². The van der Waals surface area contributed by atoms with Gasteiger partial charge in [-0.2, -0.15) is 0 Å². The van der Waals surface area contributed by atoms with Gasteiger partial charge in [-0.3, -0.25) is 0 Å². The highest BCUT2D eigenvalue weighted by atomic mass is 32.2. The van der Waals surface area contributed by atoms with Crippen LogP contribution in [0.1, 0.15) is 5.89 Å². The maximum absolute atomic E-state index is 13.2. The molecule has 0 unspecified atom stereocenters. The minimum absolute atomic E-state index is 0.388. The van der Waals surface area contributed by atoms with Crippen LogP contribution in [0.2, 0.25) is 0 Å². The quantitative estimate of drug-likeness (QED) is 0.573. The van der Waals surface area contributed by atoms with Crippen LogP contribution in [0.15, 0.2) is 46.0 Å². The number of H-pyrrole nitrogens is 1. The van der Waals surface area contributed by atoms with Gasteiger partial charge in [0.2, 0.25) is 5.89 Å². The summed E-state index contributed by atoms with van der Waals surface area (Å²) >= 11 is 1.36. The molecule has 0 fully saturated rings. The first-order valence-corrected chi connectivity index (χ1v) is 7.49. The molecule has 0 saturated heterocycles. The number of benzene rings is 2. The number of hydrogen-bond donors (Lipinski definition) is 1. The highest BCUT2D eigenvalue weighted by Gasteiger charge is 2.11. The number of oxazole rings is 1. The van der Waals surface area contributed by atoms with E-state index in [9.17, 15) is 8.78 Å². The van der Waals surface area contributed by atoms with E-state index in [0.29, 0.717) is 27.8 Å². The molecule has 0 aliphatic rings. The molecule has 4 aromatic rings. The number of nitrogens with one attached hydrogen (secondary N) is 1. The molecule has 0 radical (unpaired) electrons. The molecule has 22 heavy (non-hydrogen) atoms. The van der Waals surface area contributed by atoms with Crippen LogP contribution in [0, 0.1) is 11.6 Å². The minimum Gasteiger partial charge on any atom is -0.440 e. The first kappa shape index (κ1) is 13.3. The zero-order valence-electron chi connectivity index (χ0n) is 11.1. The first-order valence-electron chi connectivity index (χ1n) is 6.51. The van der Waals surface area contributed by atoms with Crippen LogP contribution in [0.25, 0.3) is 22.1 Å². The normalized spacial score (nSPS) is 11.5. The summed E-state index contributed by atoms with van der Waals surface area (Å²) in [6.45, 7) is 0. The lowest BCUT2D eigenvalue weighted by atomic mass is 10.3. The SMILES string of the molecule is Fc1cc2nc(SCc3nc4ccccc4o3)[nH]c2cc1F. The molecule has 7 heteroatoms. The maximum atomic E-state index is 13.2. The van der Waals surface area contributed by atoms with Gasteiger partial charge in [-0.05, 0) is 12.1 Å². The van der Waals surface area contributed by atoms with Gasteiger partial charge in [-0.25, -0.2) is 18.7 Å². The standard InChI is InChI=1S/C15H9F2N3OS/c16-8-5-11-12(6-9(8)17)20-15(19-11)22-7-14-18-10-3-1-2-4-13(10)21-14/h1-6H,7H2,(H,19,20). The van der Waals surface area contributed by atoms with Gasteiger partial charge in [-0.15, -0.1) is 0 Å². The summed E-state index contributed by atoms with van der Waals surface area (Å²) in [5, 5.41) is 0.558. The Bertz CT molecular complexity index is 907. The average molecular weight is 317 g/mol. The highest BCUT2D eigenvalue weighted by molar-refractivity contribution is 7.98. The highest BCUT2D eigenvalue weighted by Crippen LogP contribution is 2.25. The number of halogens is 2. The van der Waals surface area contributed by atoms with Crippen molar-refractivity contribution in [3.05, 3.63) is 53.9 Å². The number of imidazole rings is 1. The fourth-order valence-electron chi connectivity index (χ4n) is 2.16. The Morgan fingerprint density at radius 3 is 2.73 bits per heavy atom. The van der Waals surface area contributed by atoms with Crippen LogP contribution in [-0.2, 0) is 5.75 Å². The lowest BCUT2D eigenvalue weighted by Crippen LogP contribution is -1.82. The van der Waals surface area contributed by atoms with Gasteiger partial charge >= 0.3 is 0 Å². The van der Waals surface area contributed by atoms with Crippen molar-refractivity contribution in [3.63, 3.8) is 0 Å². The second kappa shape index (κ2) is 5.10. The number of aromatic amines is 1. The maximum Gasteiger partial charge on any atom is 0.205 e. The van der Waals surface area contributed by atoms with Gasteiger partial charge in [0.1, 0.15) is 5.52 Å². The molecule has 0 aliphatic heterocycles. The Morgan fingerprint density at radius 1 is 1.05 bits per heavy atom. The molecule has 0 atom stereocenters. The van der Waals surface area contributed by atoms with E-state index in [0.717, 1.165) is 23.2 Å². The van der Waals surface area contributed by atoms with Crippen molar-refractivity contribution in [2.24, 2.45) is 0 Å². The average Bonchev–Trinajstić information content (AvgIpc) is 3.08. The fraction of sp³-hybridized carbons (Fsp3) is 0.0667. The zero-order valence-corrected chi connectivity index (χ0v) is 12.0. The third-order valence-corrected chi connectivity index (χ3v) is 4.03. The monoisotopic (exact) mass is 317 g/mol. The summed E-state index contributed by atoms with van der Waals surface area (Å²) in [5.41, 5.74) is 2.37. The van der Waals surface area contributed by atoms with Crippen LogP contribution in [0.5, 0.6) is 0 Å². The predicted octanol–water partition coefficient (Wildman–Crippen LogP) is 4.27. The van der Waals surface area contributed by atoms with E-state index in [1.54, 1.807) is 0 Å². The second-order valence-electron chi connectivity index (χ2n) is 4.69. The van der Waals surface area contributed by atoms with Crippen molar-refractivity contribution in [2.75, 3.05) is 0 Å². The lowest BCUT2D eigenvalue weighted by Gasteiger charge is -1.92. The molecule has 2 aromatic heterocycles. The summed E-state index contributed by atoms with van der Waals surface area (Å²) in [6.07, 6.45) is 0. The molecule has 4 nitrogen and oxygen atoms in total. The largest absolute Gasteiger partial charge is 0.440 e. The van der Waals surface area contributed by atoms with Crippen LogP contribution >= 0.6 is 11.8 Å². The lowest BCUT2D eigenvalue weighted by molar-refractivity contribution is 0.510. The molecule has 0 spiro atoms. The molecule has 1 N–H and O–H groups in total. The van der Waals surface area contributed by atoms with Crippen molar-refractivity contribution >= 4 is 33.9 Å². The summed E-state index contributed by atoms with van der Waals surface area (Å²) in [7, 11) is 0. The van der Waals surface area contributed by atoms with Gasteiger partial charge in [0.25, 0.3) is 0 Å². The minimum atomic E-state index is -0.908. The van der Waals surface area contributed by atoms with E-state index in [1.165, 1.54) is 11.8 Å². The number of nitrogens with zero attached hydrogens (tertiary/aromatic N) is 2. The van der Waals surface area contributed by atoms with E-state index in [2.05, 4.69) is 15.0 Å². The molecule has 4 rings (SSSR count). The molecule has 2 aromatic carbocycles. The number of thioether (sulfide) groups is 1. The molecule has 0 bridgehead atoms. The number of rotatable bonds is 3.